The van der Waals surface area contributed by atoms with Crippen molar-refractivity contribution in [1.82, 2.24) is 5.32 Å². The fraction of sp³-hybridized carbons (Fsp3) is 0.300. The predicted molar refractivity (Wildman–Crippen MR) is 102 cm³/mol. The standard InChI is InChI=1S/C20H21ClN2O3/c1-13-17(21)5-2-6-18(13)23-20(25)15-9-7-14(8-10-15)19(24)22-12-16-4-3-11-26-16/h2,5-10,16H,3-4,11-12H2,1H3,(H,22,24)(H,23,25). The molecule has 2 amide bonds. The van der Waals surface area contributed by atoms with Crippen LogP contribution in [0.3, 0.4) is 0 Å². The van der Waals surface area contributed by atoms with Gasteiger partial charge in [0, 0.05) is 35.0 Å². The van der Waals surface area contributed by atoms with Gasteiger partial charge >= 0.3 is 0 Å². The zero-order valence-corrected chi connectivity index (χ0v) is 15.3. The number of carbonyl (C=O) groups is 2. The number of halogens is 1. The Morgan fingerprint density at radius 2 is 1.81 bits per heavy atom. The van der Waals surface area contributed by atoms with Crippen molar-refractivity contribution in [2.75, 3.05) is 18.5 Å². The summed E-state index contributed by atoms with van der Waals surface area (Å²) in [7, 11) is 0. The van der Waals surface area contributed by atoms with Gasteiger partial charge in [-0.15, -0.1) is 0 Å². The highest BCUT2D eigenvalue weighted by Crippen LogP contribution is 2.23. The number of carbonyl (C=O) groups excluding carboxylic acids is 2. The number of anilines is 1. The highest BCUT2D eigenvalue weighted by Gasteiger charge is 2.17. The second-order valence-electron chi connectivity index (χ2n) is 6.29. The van der Waals surface area contributed by atoms with Gasteiger partial charge in [-0.25, -0.2) is 0 Å². The fourth-order valence-electron chi connectivity index (χ4n) is 2.82. The van der Waals surface area contributed by atoms with Gasteiger partial charge < -0.3 is 15.4 Å². The van der Waals surface area contributed by atoms with Crippen LogP contribution in [0.4, 0.5) is 5.69 Å². The third-order valence-electron chi connectivity index (χ3n) is 4.44. The maximum Gasteiger partial charge on any atom is 0.255 e. The summed E-state index contributed by atoms with van der Waals surface area (Å²) in [6.07, 6.45) is 2.11. The molecule has 1 fully saturated rings. The van der Waals surface area contributed by atoms with Crippen LogP contribution < -0.4 is 10.6 Å². The van der Waals surface area contributed by atoms with E-state index in [1.165, 1.54) is 0 Å². The summed E-state index contributed by atoms with van der Waals surface area (Å²) in [5, 5.41) is 6.30. The van der Waals surface area contributed by atoms with E-state index in [0.717, 1.165) is 25.0 Å². The molecule has 1 saturated heterocycles. The predicted octanol–water partition coefficient (Wildman–Crippen LogP) is 3.81. The number of benzene rings is 2. The van der Waals surface area contributed by atoms with Gasteiger partial charge in [-0.1, -0.05) is 17.7 Å². The zero-order chi connectivity index (χ0) is 18.5. The summed E-state index contributed by atoms with van der Waals surface area (Å²) in [5.74, 6) is -0.417. The van der Waals surface area contributed by atoms with Crippen LogP contribution in [-0.2, 0) is 4.74 Å². The van der Waals surface area contributed by atoms with Crippen LogP contribution in [0.5, 0.6) is 0 Å². The van der Waals surface area contributed by atoms with Gasteiger partial charge in [0.25, 0.3) is 11.8 Å². The van der Waals surface area contributed by atoms with Crippen molar-refractivity contribution in [3.8, 4) is 0 Å². The molecule has 0 spiro atoms. The van der Waals surface area contributed by atoms with Crippen molar-refractivity contribution < 1.29 is 14.3 Å². The van der Waals surface area contributed by atoms with Crippen molar-refractivity contribution in [1.29, 1.82) is 0 Å². The van der Waals surface area contributed by atoms with Crippen molar-refractivity contribution in [3.05, 3.63) is 64.2 Å². The Hall–Kier alpha value is -2.37. The minimum atomic E-state index is -0.248. The monoisotopic (exact) mass is 372 g/mol. The minimum Gasteiger partial charge on any atom is -0.376 e. The van der Waals surface area contributed by atoms with E-state index < -0.39 is 0 Å². The van der Waals surface area contributed by atoms with E-state index in [-0.39, 0.29) is 17.9 Å². The van der Waals surface area contributed by atoms with Crippen molar-refractivity contribution in [3.63, 3.8) is 0 Å². The van der Waals surface area contributed by atoms with Gasteiger partial charge in [-0.05, 0) is 61.7 Å². The lowest BCUT2D eigenvalue weighted by Crippen LogP contribution is -2.31. The van der Waals surface area contributed by atoms with E-state index in [4.69, 9.17) is 16.3 Å². The Kier molecular flexibility index (Phi) is 5.91. The Bertz CT molecular complexity index is 799. The molecule has 136 valence electrons. The first-order chi connectivity index (χ1) is 12.5. The summed E-state index contributed by atoms with van der Waals surface area (Å²) >= 11 is 6.07. The summed E-state index contributed by atoms with van der Waals surface area (Å²) < 4.78 is 5.49. The van der Waals surface area contributed by atoms with Crippen LogP contribution in [0.15, 0.2) is 42.5 Å². The lowest BCUT2D eigenvalue weighted by Gasteiger charge is -2.11. The first-order valence-electron chi connectivity index (χ1n) is 8.61. The van der Waals surface area contributed by atoms with E-state index in [2.05, 4.69) is 10.6 Å². The zero-order valence-electron chi connectivity index (χ0n) is 14.5. The largest absolute Gasteiger partial charge is 0.376 e. The highest BCUT2D eigenvalue weighted by molar-refractivity contribution is 6.31. The molecule has 26 heavy (non-hydrogen) atoms. The van der Waals surface area contributed by atoms with Crippen LogP contribution in [0.2, 0.25) is 5.02 Å². The van der Waals surface area contributed by atoms with Crippen LogP contribution in [-0.4, -0.2) is 31.1 Å². The van der Waals surface area contributed by atoms with Gasteiger partial charge in [0.2, 0.25) is 0 Å². The van der Waals surface area contributed by atoms with E-state index in [1.54, 1.807) is 42.5 Å². The van der Waals surface area contributed by atoms with Crippen molar-refractivity contribution in [2.45, 2.75) is 25.9 Å². The number of nitrogens with one attached hydrogen (secondary N) is 2. The Morgan fingerprint density at radius 3 is 2.46 bits per heavy atom. The topological polar surface area (TPSA) is 67.4 Å². The average molecular weight is 373 g/mol. The molecule has 1 atom stereocenters. The molecule has 2 N–H and O–H groups in total. The second kappa shape index (κ2) is 8.34. The molecule has 1 unspecified atom stereocenters. The molecule has 6 heteroatoms. The molecule has 0 bridgehead atoms. The number of rotatable bonds is 5. The van der Waals surface area contributed by atoms with Crippen molar-refractivity contribution >= 4 is 29.1 Å². The molecular weight excluding hydrogens is 352 g/mol. The molecule has 0 aromatic heterocycles. The van der Waals surface area contributed by atoms with Crippen LogP contribution in [0.25, 0.3) is 0 Å². The molecule has 1 aliphatic rings. The summed E-state index contributed by atoms with van der Waals surface area (Å²) in [5.41, 5.74) is 2.46. The van der Waals surface area contributed by atoms with Gasteiger partial charge in [0.05, 0.1) is 6.10 Å². The van der Waals surface area contributed by atoms with Gasteiger partial charge in [-0.2, -0.15) is 0 Å². The Morgan fingerprint density at radius 1 is 1.12 bits per heavy atom. The molecule has 0 saturated carbocycles. The second-order valence-corrected chi connectivity index (χ2v) is 6.70. The third-order valence-corrected chi connectivity index (χ3v) is 4.85. The maximum atomic E-state index is 12.4. The maximum absolute atomic E-state index is 12.4. The summed E-state index contributed by atoms with van der Waals surface area (Å²) in [6.45, 7) is 3.12. The molecule has 5 nitrogen and oxygen atoms in total. The number of hydrogen-bond donors (Lipinski definition) is 2. The summed E-state index contributed by atoms with van der Waals surface area (Å²) in [6, 6.07) is 11.9. The number of amides is 2. The SMILES string of the molecule is Cc1c(Cl)cccc1NC(=O)c1ccc(C(=O)NCC2CCCO2)cc1. The quantitative estimate of drug-likeness (QED) is 0.838. The Labute approximate surface area is 157 Å². The Balaban J connectivity index is 1.60. The lowest BCUT2D eigenvalue weighted by molar-refractivity contribution is 0.0857. The molecule has 0 aliphatic carbocycles. The molecule has 1 heterocycles. The van der Waals surface area contributed by atoms with Crippen LogP contribution in [0.1, 0.15) is 39.1 Å². The first-order valence-corrected chi connectivity index (χ1v) is 8.99. The molecule has 1 aliphatic heterocycles. The van der Waals surface area contributed by atoms with Gasteiger partial charge in [-0.3, -0.25) is 9.59 Å². The minimum absolute atomic E-state index is 0.102. The number of hydrogen-bond acceptors (Lipinski definition) is 3. The highest BCUT2D eigenvalue weighted by atomic mass is 35.5. The lowest BCUT2D eigenvalue weighted by atomic mass is 10.1. The van der Waals surface area contributed by atoms with Crippen LogP contribution >= 0.6 is 11.6 Å². The molecule has 2 aromatic rings. The molecular formula is C20H21ClN2O3. The van der Waals surface area contributed by atoms with Crippen LogP contribution in [0, 0.1) is 6.92 Å². The average Bonchev–Trinajstić information content (AvgIpc) is 3.17. The fourth-order valence-corrected chi connectivity index (χ4v) is 3.00. The molecule has 2 aromatic carbocycles. The molecule has 0 radical (unpaired) electrons. The van der Waals surface area contributed by atoms with E-state index in [9.17, 15) is 9.59 Å². The number of ether oxygens (including phenoxy) is 1. The van der Waals surface area contributed by atoms with Crippen molar-refractivity contribution in [2.24, 2.45) is 0 Å². The smallest absolute Gasteiger partial charge is 0.255 e. The van der Waals surface area contributed by atoms with Gasteiger partial charge in [0.15, 0.2) is 0 Å². The van der Waals surface area contributed by atoms with E-state index in [1.807, 2.05) is 6.92 Å². The first kappa shape index (κ1) is 18.4. The van der Waals surface area contributed by atoms with Gasteiger partial charge in [0.1, 0.15) is 0 Å². The van der Waals surface area contributed by atoms with E-state index in [0.29, 0.717) is 28.4 Å². The molecule has 3 rings (SSSR count). The third kappa shape index (κ3) is 4.42. The summed E-state index contributed by atoms with van der Waals surface area (Å²) in [4.78, 5) is 24.6. The van der Waals surface area contributed by atoms with E-state index >= 15 is 0 Å². The normalized spacial score (nSPS) is 16.3.